The van der Waals surface area contributed by atoms with Gasteiger partial charge in [0, 0.05) is 19.1 Å². The highest BCUT2D eigenvalue weighted by atomic mass is 16.5. The number of rotatable bonds is 5. The summed E-state index contributed by atoms with van der Waals surface area (Å²) in [5.74, 6) is -0.0123. The maximum atomic E-state index is 12.4. The second-order valence-corrected chi connectivity index (χ2v) is 6.40. The molecular formula is C19H25NO2. The second kappa shape index (κ2) is 6.25. The quantitative estimate of drug-likeness (QED) is 0.613. The maximum Gasteiger partial charge on any atom is 0.316 e. The van der Waals surface area contributed by atoms with Crippen LogP contribution in [-0.2, 0) is 9.53 Å². The molecule has 0 unspecified atom stereocenters. The molecule has 0 aromatic heterocycles. The highest BCUT2D eigenvalue weighted by molar-refractivity contribution is 5.82. The molecular weight excluding hydrogens is 274 g/mol. The summed E-state index contributed by atoms with van der Waals surface area (Å²) in [4.78, 5) is 14.8. The number of carbonyl (C=O) groups is 1. The van der Waals surface area contributed by atoms with Crippen LogP contribution in [0, 0.1) is 5.41 Å². The van der Waals surface area contributed by atoms with E-state index in [1.807, 2.05) is 13.0 Å². The minimum absolute atomic E-state index is 0.0123. The summed E-state index contributed by atoms with van der Waals surface area (Å²) in [6, 6.07) is 10.9. The summed E-state index contributed by atoms with van der Waals surface area (Å²) < 4.78 is 5.34. The first-order valence-electron chi connectivity index (χ1n) is 8.33. The van der Waals surface area contributed by atoms with Crippen LogP contribution in [-0.4, -0.2) is 30.6 Å². The number of benzene rings is 1. The molecule has 3 rings (SSSR count). The van der Waals surface area contributed by atoms with Crippen molar-refractivity contribution in [2.24, 2.45) is 5.41 Å². The van der Waals surface area contributed by atoms with Crippen LogP contribution in [0.4, 0.5) is 0 Å². The lowest BCUT2D eigenvalue weighted by Crippen LogP contribution is -2.42. The second-order valence-electron chi connectivity index (χ2n) is 6.40. The van der Waals surface area contributed by atoms with Crippen LogP contribution in [0.3, 0.4) is 0 Å². The Labute approximate surface area is 133 Å². The van der Waals surface area contributed by atoms with Crippen molar-refractivity contribution in [3.8, 4) is 0 Å². The van der Waals surface area contributed by atoms with E-state index in [2.05, 4.69) is 42.2 Å². The monoisotopic (exact) mass is 299 g/mol. The van der Waals surface area contributed by atoms with E-state index in [-0.39, 0.29) is 11.4 Å². The Morgan fingerprint density at radius 2 is 2.05 bits per heavy atom. The number of esters is 1. The van der Waals surface area contributed by atoms with Gasteiger partial charge >= 0.3 is 5.97 Å². The standard InChI is InChI=1S/C19H25NO2/c1-3-22-18(21)19(11-7-12-19)17-10-13-20(14-17)15(2)16-8-5-4-6-9-16/h4-6,8-10,15H,3,7,11-14H2,1-2H3/t15-/m0/s1. The van der Waals surface area contributed by atoms with Gasteiger partial charge in [0.2, 0.25) is 0 Å². The summed E-state index contributed by atoms with van der Waals surface area (Å²) in [5.41, 5.74) is 2.29. The normalized spacial score (nSPS) is 21.8. The smallest absolute Gasteiger partial charge is 0.316 e. The van der Waals surface area contributed by atoms with E-state index in [0.717, 1.165) is 32.4 Å². The molecule has 1 saturated carbocycles. The summed E-state index contributed by atoms with van der Waals surface area (Å²) in [7, 11) is 0. The highest BCUT2D eigenvalue weighted by Crippen LogP contribution is 2.49. The first-order valence-corrected chi connectivity index (χ1v) is 8.33. The van der Waals surface area contributed by atoms with Crippen LogP contribution in [0.2, 0.25) is 0 Å². The molecule has 118 valence electrons. The SMILES string of the molecule is CCOC(=O)C1(C2=CCN([C@@H](C)c3ccccc3)C2)CCC1. The zero-order valence-electron chi connectivity index (χ0n) is 13.5. The lowest BCUT2D eigenvalue weighted by Gasteiger charge is -2.41. The number of ether oxygens (including phenoxy) is 1. The van der Waals surface area contributed by atoms with Crippen molar-refractivity contribution >= 4 is 5.97 Å². The molecule has 0 N–H and O–H groups in total. The van der Waals surface area contributed by atoms with Crippen molar-refractivity contribution < 1.29 is 9.53 Å². The molecule has 0 bridgehead atoms. The largest absolute Gasteiger partial charge is 0.465 e. The average molecular weight is 299 g/mol. The van der Waals surface area contributed by atoms with E-state index in [0.29, 0.717) is 12.6 Å². The van der Waals surface area contributed by atoms with Gasteiger partial charge in [0.15, 0.2) is 0 Å². The lowest BCUT2D eigenvalue weighted by molar-refractivity contribution is -0.157. The molecule has 1 fully saturated rings. The zero-order valence-corrected chi connectivity index (χ0v) is 13.5. The molecule has 3 heteroatoms. The van der Waals surface area contributed by atoms with E-state index in [1.165, 1.54) is 11.1 Å². The molecule has 1 aliphatic carbocycles. The van der Waals surface area contributed by atoms with Gasteiger partial charge in [0.25, 0.3) is 0 Å². The Morgan fingerprint density at radius 1 is 1.32 bits per heavy atom. The number of hydrogen-bond acceptors (Lipinski definition) is 3. The van der Waals surface area contributed by atoms with Gasteiger partial charge in [-0.1, -0.05) is 42.8 Å². The van der Waals surface area contributed by atoms with Gasteiger partial charge in [-0.25, -0.2) is 0 Å². The molecule has 0 saturated heterocycles. The molecule has 1 heterocycles. The Balaban J connectivity index is 1.70. The molecule has 0 radical (unpaired) electrons. The Kier molecular flexibility index (Phi) is 4.34. The Hall–Kier alpha value is -1.61. The molecule has 1 atom stereocenters. The third-order valence-electron chi connectivity index (χ3n) is 5.26. The summed E-state index contributed by atoms with van der Waals surface area (Å²) in [5, 5.41) is 0. The van der Waals surface area contributed by atoms with Crippen LogP contribution in [0.25, 0.3) is 0 Å². The summed E-state index contributed by atoms with van der Waals surface area (Å²) in [6.07, 6.45) is 5.29. The van der Waals surface area contributed by atoms with E-state index >= 15 is 0 Å². The van der Waals surface area contributed by atoms with Crippen LogP contribution in [0.5, 0.6) is 0 Å². The molecule has 1 aromatic carbocycles. The van der Waals surface area contributed by atoms with Crippen molar-refractivity contribution in [1.29, 1.82) is 0 Å². The van der Waals surface area contributed by atoms with Crippen LogP contribution < -0.4 is 0 Å². The fraction of sp³-hybridized carbons (Fsp3) is 0.526. The van der Waals surface area contributed by atoms with Gasteiger partial charge in [-0.3, -0.25) is 9.69 Å². The third kappa shape index (κ3) is 2.58. The summed E-state index contributed by atoms with van der Waals surface area (Å²) >= 11 is 0. The van der Waals surface area contributed by atoms with Gasteiger partial charge in [0.1, 0.15) is 0 Å². The van der Waals surface area contributed by atoms with Gasteiger partial charge in [-0.05, 0) is 37.8 Å². The molecule has 1 aromatic rings. The van der Waals surface area contributed by atoms with Gasteiger partial charge < -0.3 is 4.74 Å². The van der Waals surface area contributed by atoms with E-state index < -0.39 is 0 Å². The van der Waals surface area contributed by atoms with Crippen LogP contribution in [0.15, 0.2) is 42.0 Å². The van der Waals surface area contributed by atoms with E-state index in [4.69, 9.17) is 4.74 Å². The highest BCUT2D eigenvalue weighted by Gasteiger charge is 2.49. The predicted octanol–water partition coefficient (Wildman–Crippen LogP) is 3.72. The lowest BCUT2D eigenvalue weighted by atomic mass is 9.64. The topological polar surface area (TPSA) is 29.5 Å². The number of hydrogen-bond donors (Lipinski definition) is 0. The first kappa shape index (κ1) is 15.3. The van der Waals surface area contributed by atoms with E-state index in [9.17, 15) is 4.79 Å². The molecule has 0 amide bonds. The average Bonchev–Trinajstić information content (AvgIpc) is 2.96. The number of carbonyl (C=O) groups excluding carboxylic acids is 1. The van der Waals surface area contributed by atoms with Crippen molar-refractivity contribution in [2.75, 3.05) is 19.7 Å². The van der Waals surface area contributed by atoms with Crippen LogP contribution >= 0.6 is 0 Å². The van der Waals surface area contributed by atoms with Gasteiger partial charge in [-0.2, -0.15) is 0 Å². The zero-order chi connectivity index (χ0) is 15.6. The fourth-order valence-electron chi connectivity index (χ4n) is 3.62. The molecule has 2 aliphatic rings. The third-order valence-corrected chi connectivity index (χ3v) is 5.26. The van der Waals surface area contributed by atoms with Crippen molar-refractivity contribution in [3.05, 3.63) is 47.5 Å². The van der Waals surface area contributed by atoms with E-state index in [1.54, 1.807) is 0 Å². The van der Waals surface area contributed by atoms with Crippen molar-refractivity contribution in [1.82, 2.24) is 4.90 Å². The van der Waals surface area contributed by atoms with Crippen LogP contribution in [0.1, 0.15) is 44.7 Å². The van der Waals surface area contributed by atoms with Crippen molar-refractivity contribution in [2.45, 2.75) is 39.2 Å². The summed E-state index contributed by atoms with van der Waals surface area (Å²) in [6.45, 7) is 6.40. The molecule has 0 spiro atoms. The molecule has 3 nitrogen and oxygen atoms in total. The molecule has 1 aliphatic heterocycles. The number of nitrogens with zero attached hydrogens (tertiary/aromatic N) is 1. The Morgan fingerprint density at radius 3 is 2.64 bits per heavy atom. The molecule has 22 heavy (non-hydrogen) atoms. The fourth-order valence-corrected chi connectivity index (χ4v) is 3.62. The van der Waals surface area contributed by atoms with Gasteiger partial charge in [-0.15, -0.1) is 0 Å². The maximum absolute atomic E-state index is 12.4. The minimum atomic E-state index is -0.318. The van der Waals surface area contributed by atoms with Crippen molar-refractivity contribution in [3.63, 3.8) is 0 Å². The first-order chi connectivity index (χ1) is 10.7. The predicted molar refractivity (Wildman–Crippen MR) is 87.4 cm³/mol. The minimum Gasteiger partial charge on any atom is -0.465 e. The Bertz CT molecular complexity index is 560. The van der Waals surface area contributed by atoms with Gasteiger partial charge in [0.05, 0.1) is 12.0 Å².